The van der Waals surface area contributed by atoms with Crippen LogP contribution in [0.15, 0.2) is 32.5 Å². The number of rotatable bonds is 3. The van der Waals surface area contributed by atoms with E-state index in [1.165, 1.54) is 4.57 Å². The first kappa shape index (κ1) is 15.2. The highest BCUT2D eigenvalue weighted by Crippen LogP contribution is 2.36. The van der Waals surface area contributed by atoms with Gasteiger partial charge in [-0.2, -0.15) is 0 Å². The largest absolute Gasteiger partial charge is 0.493 e. The quantitative estimate of drug-likeness (QED) is 0.865. The molecule has 22 heavy (non-hydrogen) atoms. The van der Waals surface area contributed by atoms with Crippen LogP contribution in [0, 0.1) is 5.92 Å². The summed E-state index contributed by atoms with van der Waals surface area (Å²) >= 11 is 4.51. The van der Waals surface area contributed by atoms with Crippen molar-refractivity contribution in [2.45, 2.75) is 20.4 Å². The van der Waals surface area contributed by atoms with E-state index in [9.17, 15) is 9.90 Å². The Bertz CT molecular complexity index is 846. The van der Waals surface area contributed by atoms with Gasteiger partial charge >= 0.3 is 4.87 Å². The highest BCUT2D eigenvalue weighted by molar-refractivity contribution is 9.10. The number of benzene rings is 1. The van der Waals surface area contributed by atoms with Gasteiger partial charge in [-0.25, -0.2) is 0 Å². The molecule has 114 valence electrons. The first-order chi connectivity index (χ1) is 10.5. The molecule has 1 aromatic heterocycles. The Labute approximate surface area is 140 Å². The number of fused-ring (bicyclic) bond motifs is 1. The molecule has 0 bridgehead atoms. The van der Waals surface area contributed by atoms with Gasteiger partial charge in [-0.1, -0.05) is 41.1 Å². The summed E-state index contributed by atoms with van der Waals surface area (Å²) in [4.78, 5) is 16.8. The third kappa shape index (κ3) is 2.80. The van der Waals surface area contributed by atoms with Gasteiger partial charge in [0.05, 0.1) is 10.6 Å². The summed E-state index contributed by atoms with van der Waals surface area (Å²) in [6.07, 6.45) is 3.58. The van der Waals surface area contributed by atoms with Crippen LogP contribution < -0.4 is 4.87 Å². The van der Waals surface area contributed by atoms with E-state index in [1.807, 2.05) is 38.1 Å². The third-order valence-corrected chi connectivity index (χ3v) is 4.75. The number of hydrogen-bond acceptors (Lipinski definition) is 4. The fourth-order valence-electron chi connectivity index (χ4n) is 2.35. The molecule has 0 atom stereocenters. The molecular formula is C16H15BrN2O2S. The Morgan fingerprint density at radius 3 is 2.95 bits per heavy atom. The molecule has 6 heteroatoms. The molecule has 1 aliphatic rings. The van der Waals surface area contributed by atoms with Crippen LogP contribution in [0.1, 0.15) is 24.3 Å². The first-order valence-electron chi connectivity index (χ1n) is 6.94. The van der Waals surface area contributed by atoms with Crippen LogP contribution in [0.3, 0.4) is 0 Å². The van der Waals surface area contributed by atoms with Gasteiger partial charge in [0.25, 0.3) is 0 Å². The first-order valence-corrected chi connectivity index (χ1v) is 8.55. The standard InChI is InChI=1S/C16H15BrN2O2S/c1-9(2)8-19-15(20)14(22-16(19)21)5-10-7-18-13-4-3-11(17)6-12(10)13/h3-7,9,20H,8H2,1-2H3. The second kappa shape index (κ2) is 5.85. The van der Waals surface area contributed by atoms with Gasteiger partial charge in [0.2, 0.25) is 5.88 Å². The summed E-state index contributed by atoms with van der Waals surface area (Å²) in [6.45, 7) is 4.54. The molecule has 0 unspecified atom stereocenters. The second-order valence-electron chi connectivity index (χ2n) is 5.58. The van der Waals surface area contributed by atoms with Crippen LogP contribution in [0.4, 0.5) is 5.69 Å². The maximum atomic E-state index is 12.0. The van der Waals surface area contributed by atoms with E-state index < -0.39 is 0 Å². The average molecular weight is 379 g/mol. The van der Waals surface area contributed by atoms with Crippen molar-refractivity contribution < 1.29 is 5.11 Å². The maximum absolute atomic E-state index is 12.0. The van der Waals surface area contributed by atoms with Crippen LogP contribution in [0.25, 0.3) is 11.6 Å². The van der Waals surface area contributed by atoms with E-state index in [-0.39, 0.29) is 10.8 Å². The average Bonchev–Trinajstić information content (AvgIpc) is 2.95. The molecule has 2 aromatic rings. The highest BCUT2D eigenvalue weighted by atomic mass is 79.9. The van der Waals surface area contributed by atoms with Crippen LogP contribution in [0.2, 0.25) is 0 Å². The van der Waals surface area contributed by atoms with E-state index >= 15 is 0 Å². The van der Waals surface area contributed by atoms with Crippen LogP contribution in [-0.2, 0) is 6.54 Å². The van der Waals surface area contributed by atoms with Gasteiger partial charge < -0.3 is 5.11 Å². The molecule has 0 fully saturated rings. The number of aromatic hydroxyl groups is 1. The number of thiazole rings is 1. The number of halogens is 1. The lowest BCUT2D eigenvalue weighted by atomic mass is 10.1. The van der Waals surface area contributed by atoms with E-state index in [2.05, 4.69) is 20.9 Å². The molecule has 3 rings (SSSR count). The molecule has 0 spiro atoms. The molecule has 0 saturated carbocycles. The summed E-state index contributed by atoms with van der Waals surface area (Å²) in [5.41, 5.74) is 2.78. The Morgan fingerprint density at radius 1 is 1.45 bits per heavy atom. The topological polar surface area (TPSA) is 54.6 Å². The Hall–Kier alpha value is -1.66. The minimum atomic E-state index is -0.137. The zero-order valence-electron chi connectivity index (χ0n) is 12.2. The molecule has 4 nitrogen and oxygen atoms in total. The van der Waals surface area contributed by atoms with Crippen LogP contribution in [0.5, 0.6) is 5.88 Å². The number of hydrogen-bond donors (Lipinski definition) is 1. The van der Waals surface area contributed by atoms with Crippen molar-refractivity contribution in [2.75, 3.05) is 0 Å². The molecule has 1 N–H and O–H groups in total. The molecule has 0 aliphatic carbocycles. The molecular weight excluding hydrogens is 364 g/mol. The van der Waals surface area contributed by atoms with Crippen LogP contribution in [-0.4, -0.2) is 15.9 Å². The van der Waals surface area contributed by atoms with Gasteiger partial charge in [0, 0.05) is 28.4 Å². The molecule has 1 aromatic carbocycles. The van der Waals surface area contributed by atoms with Crippen molar-refractivity contribution in [1.29, 1.82) is 0 Å². The fraction of sp³-hybridized carbons (Fsp3) is 0.250. The SMILES string of the molecule is CC(C)Cn1c(O)c(C=C2C=Nc3ccc(Br)cc32)sc1=O. The Kier molecular flexibility index (Phi) is 4.06. The van der Waals surface area contributed by atoms with E-state index in [0.29, 0.717) is 17.3 Å². The Morgan fingerprint density at radius 2 is 2.23 bits per heavy atom. The monoisotopic (exact) mass is 378 g/mol. The summed E-state index contributed by atoms with van der Waals surface area (Å²) in [5, 5.41) is 10.3. The van der Waals surface area contributed by atoms with Gasteiger partial charge in [0.1, 0.15) is 0 Å². The normalized spacial score (nSPS) is 15.0. The van der Waals surface area contributed by atoms with Crippen LogP contribution >= 0.6 is 27.3 Å². The second-order valence-corrected chi connectivity index (χ2v) is 7.49. The van der Waals surface area contributed by atoms with E-state index in [0.717, 1.165) is 32.6 Å². The number of aromatic nitrogens is 1. The molecule has 2 heterocycles. The minimum absolute atomic E-state index is 0.0352. The van der Waals surface area contributed by atoms with Gasteiger partial charge in [0.15, 0.2) is 0 Å². The minimum Gasteiger partial charge on any atom is -0.493 e. The molecule has 0 amide bonds. The Balaban J connectivity index is 2.04. The van der Waals surface area contributed by atoms with Gasteiger partial charge in [-0.05, 0) is 30.2 Å². The molecule has 0 radical (unpaired) electrons. The summed E-state index contributed by atoms with van der Waals surface area (Å²) in [5.74, 6) is 0.330. The summed E-state index contributed by atoms with van der Waals surface area (Å²) in [6, 6.07) is 5.86. The van der Waals surface area contributed by atoms with E-state index in [4.69, 9.17) is 0 Å². The van der Waals surface area contributed by atoms with Crippen molar-refractivity contribution in [3.05, 3.63) is 42.8 Å². The maximum Gasteiger partial charge on any atom is 0.310 e. The lowest BCUT2D eigenvalue weighted by Gasteiger charge is -2.06. The highest BCUT2D eigenvalue weighted by Gasteiger charge is 2.17. The van der Waals surface area contributed by atoms with Gasteiger partial charge in [-0.3, -0.25) is 14.4 Å². The summed E-state index contributed by atoms with van der Waals surface area (Å²) in [7, 11) is 0. The predicted octanol–water partition coefficient (Wildman–Crippen LogP) is 4.29. The third-order valence-electron chi connectivity index (χ3n) is 3.34. The number of nitrogens with zero attached hydrogens (tertiary/aromatic N) is 2. The predicted molar refractivity (Wildman–Crippen MR) is 95.2 cm³/mol. The number of aliphatic imine (C=N–C) groups is 1. The van der Waals surface area contributed by atoms with Crippen molar-refractivity contribution in [2.24, 2.45) is 10.9 Å². The fourth-order valence-corrected chi connectivity index (χ4v) is 3.56. The van der Waals surface area contributed by atoms with Crippen molar-refractivity contribution in [1.82, 2.24) is 4.57 Å². The van der Waals surface area contributed by atoms with Gasteiger partial charge in [-0.15, -0.1) is 0 Å². The van der Waals surface area contributed by atoms with E-state index in [1.54, 1.807) is 6.21 Å². The van der Waals surface area contributed by atoms with Crippen molar-refractivity contribution >= 4 is 50.8 Å². The molecule has 1 aliphatic heterocycles. The van der Waals surface area contributed by atoms with Crippen molar-refractivity contribution in [3.63, 3.8) is 0 Å². The molecule has 0 saturated heterocycles. The zero-order chi connectivity index (χ0) is 15.9. The zero-order valence-corrected chi connectivity index (χ0v) is 14.6. The summed E-state index contributed by atoms with van der Waals surface area (Å²) < 4.78 is 2.40. The smallest absolute Gasteiger partial charge is 0.310 e. The van der Waals surface area contributed by atoms with Crippen molar-refractivity contribution in [3.8, 4) is 5.88 Å². The lowest BCUT2D eigenvalue weighted by molar-refractivity contribution is 0.389. The number of allylic oxidation sites excluding steroid dienone is 1. The lowest BCUT2D eigenvalue weighted by Crippen LogP contribution is -2.15.